The number of carboxylic acid groups (broad SMARTS) is 1. The SMILES string of the molecule is O=C(O)Cc1[nH]c(=O)c(CCl)cc1C(F)F. The molecule has 0 unspecified atom stereocenters. The summed E-state index contributed by atoms with van der Waals surface area (Å²) in [6.07, 6.45) is -3.51. The summed E-state index contributed by atoms with van der Waals surface area (Å²) in [5, 5.41) is 8.50. The molecule has 1 aromatic rings. The Balaban J connectivity index is 3.30. The summed E-state index contributed by atoms with van der Waals surface area (Å²) in [5.74, 6) is -1.50. The van der Waals surface area contributed by atoms with Crippen molar-refractivity contribution in [3.05, 3.63) is 33.2 Å². The molecule has 16 heavy (non-hydrogen) atoms. The summed E-state index contributed by atoms with van der Waals surface area (Å²) in [7, 11) is 0. The Bertz CT molecular complexity index is 459. The Morgan fingerprint density at radius 3 is 2.62 bits per heavy atom. The van der Waals surface area contributed by atoms with Crippen molar-refractivity contribution in [1.29, 1.82) is 0 Å². The van der Waals surface area contributed by atoms with Crippen molar-refractivity contribution in [3.8, 4) is 0 Å². The third kappa shape index (κ3) is 2.79. The number of carbonyl (C=O) groups is 1. The maximum absolute atomic E-state index is 12.6. The van der Waals surface area contributed by atoms with Gasteiger partial charge in [0, 0.05) is 16.8 Å². The summed E-state index contributed by atoms with van der Waals surface area (Å²) >= 11 is 5.39. The Labute approximate surface area is 93.9 Å². The van der Waals surface area contributed by atoms with Crippen molar-refractivity contribution in [3.63, 3.8) is 0 Å². The van der Waals surface area contributed by atoms with Gasteiger partial charge in [0.25, 0.3) is 12.0 Å². The lowest BCUT2D eigenvalue weighted by Crippen LogP contribution is -2.18. The average Bonchev–Trinajstić information content (AvgIpc) is 2.16. The summed E-state index contributed by atoms with van der Waals surface area (Å²) < 4.78 is 25.1. The Morgan fingerprint density at radius 2 is 2.19 bits per heavy atom. The lowest BCUT2D eigenvalue weighted by Gasteiger charge is -2.08. The highest BCUT2D eigenvalue weighted by atomic mass is 35.5. The second-order valence-electron chi connectivity index (χ2n) is 3.06. The highest BCUT2D eigenvalue weighted by Crippen LogP contribution is 2.22. The monoisotopic (exact) mass is 251 g/mol. The zero-order valence-corrected chi connectivity index (χ0v) is 8.72. The molecule has 0 bridgehead atoms. The highest BCUT2D eigenvalue weighted by molar-refractivity contribution is 6.17. The first-order chi connectivity index (χ1) is 7.45. The number of carboxylic acids is 1. The van der Waals surface area contributed by atoms with E-state index in [1.165, 1.54) is 0 Å². The van der Waals surface area contributed by atoms with E-state index < -0.39 is 29.9 Å². The molecule has 0 fully saturated rings. The molecule has 0 aliphatic carbocycles. The van der Waals surface area contributed by atoms with E-state index >= 15 is 0 Å². The second kappa shape index (κ2) is 5.07. The number of rotatable bonds is 4. The molecule has 0 aliphatic heterocycles. The Morgan fingerprint density at radius 1 is 1.56 bits per heavy atom. The van der Waals surface area contributed by atoms with Gasteiger partial charge in [0.15, 0.2) is 0 Å². The number of hydrogen-bond donors (Lipinski definition) is 2. The topological polar surface area (TPSA) is 70.2 Å². The van der Waals surface area contributed by atoms with Crippen LogP contribution in [0.25, 0.3) is 0 Å². The third-order valence-electron chi connectivity index (χ3n) is 1.94. The van der Waals surface area contributed by atoms with Crippen LogP contribution in [0.5, 0.6) is 0 Å². The molecule has 1 heterocycles. The van der Waals surface area contributed by atoms with Crippen LogP contribution in [-0.4, -0.2) is 16.1 Å². The fourth-order valence-corrected chi connectivity index (χ4v) is 1.42. The average molecular weight is 252 g/mol. The van der Waals surface area contributed by atoms with Gasteiger partial charge in [0.1, 0.15) is 0 Å². The first-order valence-corrected chi connectivity index (χ1v) is 4.80. The van der Waals surface area contributed by atoms with E-state index in [2.05, 4.69) is 4.98 Å². The van der Waals surface area contributed by atoms with E-state index in [0.29, 0.717) is 0 Å². The molecular weight excluding hydrogens is 244 g/mol. The molecular formula is C9H8ClF2NO3. The van der Waals surface area contributed by atoms with Crippen LogP contribution in [0.3, 0.4) is 0 Å². The van der Waals surface area contributed by atoms with Crippen LogP contribution in [0.15, 0.2) is 10.9 Å². The molecule has 1 rings (SSSR count). The standard InChI is InChI=1S/C9H8ClF2NO3/c10-3-4-1-5(8(11)12)6(2-7(14)15)13-9(4)16/h1,8H,2-3H2,(H,13,16)(H,14,15). The van der Waals surface area contributed by atoms with Crippen LogP contribution >= 0.6 is 11.6 Å². The number of nitrogens with one attached hydrogen (secondary N) is 1. The third-order valence-corrected chi connectivity index (χ3v) is 2.23. The van der Waals surface area contributed by atoms with E-state index in [1.807, 2.05) is 0 Å². The maximum atomic E-state index is 12.6. The molecule has 0 spiro atoms. The van der Waals surface area contributed by atoms with Crippen LogP contribution in [0, 0.1) is 0 Å². The molecule has 0 saturated carbocycles. The molecule has 0 amide bonds. The second-order valence-corrected chi connectivity index (χ2v) is 3.33. The van der Waals surface area contributed by atoms with Gasteiger partial charge in [-0.2, -0.15) is 0 Å². The van der Waals surface area contributed by atoms with Gasteiger partial charge in [-0.3, -0.25) is 9.59 Å². The predicted octanol–water partition coefficient (Wildman–Crippen LogP) is 1.68. The van der Waals surface area contributed by atoms with Gasteiger partial charge < -0.3 is 10.1 Å². The zero-order chi connectivity index (χ0) is 12.3. The molecule has 0 radical (unpaired) electrons. The quantitative estimate of drug-likeness (QED) is 0.800. The normalized spacial score (nSPS) is 10.8. The van der Waals surface area contributed by atoms with Gasteiger partial charge in [0.05, 0.1) is 12.3 Å². The van der Waals surface area contributed by atoms with Gasteiger partial charge in [-0.25, -0.2) is 8.78 Å². The number of pyridine rings is 1. The Kier molecular flexibility index (Phi) is 4.00. The molecule has 7 heteroatoms. The van der Waals surface area contributed by atoms with E-state index in [9.17, 15) is 18.4 Å². The number of alkyl halides is 3. The van der Waals surface area contributed by atoms with Crippen molar-refractivity contribution < 1.29 is 18.7 Å². The lowest BCUT2D eigenvalue weighted by molar-refractivity contribution is -0.136. The van der Waals surface area contributed by atoms with Crippen molar-refractivity contribution >= 4 is 17.6 Å². The number of H-pyrrole nitrogens is 1. The van der Waals surface area contributed by atoms with Gasteiger partial charge in [-0.1, -0.05) is 0 Å². The van der Waals surface area contributed by atoms with Crippen molar-refractivity contribution in [2.24, 2.45) is 0 Å². The number of halogens is 3. The molecule has 0 aliphatic rings. The van der Waals surface area contributed by atoms with Gasteiger partial charge in [-0.15, -0.1) is 11.6 Å². The smallest absolute Gasteiger partial charge is 0.309 e. The van der Waals surface area contributed by atoms with Gasteiger partial charge >= 0.3 is 5.97 Å². The van der Waals surface area contributed by atoms with E-state index in [1.54, 1.807) is 0 Å². The number of aliphatic carboxylic acids is 1. The van der Waals surface area contributed by atoms with Crippen LogP contribution in [0.1, 0.15) is 23.2 Å². The number of aromatic nitrogens is 1. The minimum atomic E-state index is -2.85. The summed E-state index contributed by atoms with van der Waals surface area (Å²) in [4.78, 5) is 23.8. The molecule has 0 aromatic carbocycles. The summed E-state index contributed by atoms with van der Waals surface area (Å²) in [5.41, 5.74) is -1.44. The van der Waals surface area contributed by atoms with Crippen LogP contribution in [0.2, 0.25) is 0 Å². The first kappa shape index (κ1) is 12.6. The number of hydrogen-bond acceptors (Lipinski definition) is 2. The fraction of sp³-hybridized carbons (Fsp3) is 0.333. The van der Waals surface area contributed by atoms with Crippen molar-refractivity contribution in [1.82, 2.24) is 4.98 Å². The van der Waals surface area contributed by atoms with Crippen molar-refractivity contribution in [2.75, 3.05) is 0 Å². The van der Waals surface area contributed by atoms with Crippen LogP contribution < -0.4 is 5.56 Å². The summed E-state index contributed by atoms with van der Waals surface area (Å²) in [6, 6.07) is 0.939. The predicted molar refractivity (Wildman–Crippen MR) is 52.9 cm³/mol. The molecule has 1 aromatic heterocycles. The Hall–Kier alpha value is -1.43. The van der Waals surface area contributed by atoms with E-state index in [4.69, 9.17) is 16.7 Å². The minimum absolute atomic E-state index is 0.00824. The largest absolute Gasteiger partial charge is 0.481 e. The van der Waals surface area contributed by atoms with Crippen LogP contribution in [-0.2, 0) is 17.1 Å². The summed E-state index contributed by atoms with van der Waals surface area (Å²) in [6.45, 7) is 0. The molecule has 4 nitrogen and oxygen atoms in total. The van der Waals surface area contributed by atoms with Gasteiger partial charge in [-0.05, 0) is 6.07 Å². The van der Waals surface area contributed by atoms with Gasteiger partial charge in [0.2, 0.25) is 0 Å². The van der Waals surface area contributed by atoms with E-state index in [-0.39, 0.29) is 17.1 Å². The first-order valence-electron chi connectivity index (χ1n) is 4.26. The van der Waals surface area contributed by atoms with Crippen molar-refractivity contribution in [2.45, 2.75) is 18.7 Å². The minimum Gasteiger partial charge on any atom is -0.481 e. The molecule has 0 saturated heterocycles. The van der Waals surface area contributed by atoms with Crippen LogP contribution in [0.4, 0.5) is 8.78 Å². The highest BCUT2D eigenvalue weighted by Gasteiger charge is 2.17. The lowest BCUT2D eigenvalue weighted by atomic mass is 10.1. The molecule has 88 valence electrons. The molecule has 2 N–H and O–H groups in total. The number of aromatic amines is 1. The molecule has 0 atom stereocenters. The zero-order valence-electron chi connectivity index (χ0n) is 7.97. The fourth-order valence-electron chi connectivity index (χ4n) is 1.22. The maximum Gasteiger partial charge on any atom is 0.309 e. The van der Waals surface area contributed by atoms with E-state index in [0.717, 1.165) is 6.07 Å².